The molecule has 0 radical (unpaired) electrons. The molecule has 0 N–H and O–H groups in total. The Balaban J connectivity index is 1.93. The van der Waals surface area contributed by atoms with Gasteiger partial charge in [0.25, 0.3) is 0 Å². The molecule has 0 aromatic heterocycles. The molecule has 5 heteroatoms. The van der Waals surface area contributed by atoms with Crippen molar-refractivity contribution in [2.45, 2.75) is 117 Å². The lowest BCUT2D eigenvalue weighted by Gasteiger charge is -2.10. The molecule has 0 spiro atoms. The van der Waals surface area contributed by atoms with Gasteiger partial charge in [-0.05, 0) is 57.4 Å². The van der Waals surface area contributed by atoms with E-state index in [1.807, 2.05) is 26.0 Å². The number of carbonyl (C=O) groups is 2. The van der Waals surface area contributed by atoms with E-state index < -0.39 is 0 Å². The molecule has 0 atom stereocenters. The average molecular weight is 449 g/mol. The number of hydrogen-bond acceptors (Lipinski definition) is 5. The highest BCUT2D eigenvalue weighted by molar-refractivity contribution is 5.72. The second-order valence-electron chi connectivity index (χ2n) is 8.72. The van der Waals surface area contributed by atoms with Crippen molar-refractivity contribution in [3.8, 4) is 11.5 Å². The SMILES string of the molecule is CCCCCCCCOC(=O)CCCCCCCCC(=O)Oc1ccc(OC(C)C)cc1. The summed E-state index contributed by atoms with van der Waals surface area (Å²) in [7, 11) is 0. The fourth-order valence-corrected chi connectivity index (χ4v) is 3.43. The van der Waals surface area contributed by atoms with Crippen LogP contribution >= 0.6 is 0 Å². The minimum absolute atomic E-state index is 0.0647. The Hall–Kier alpha value is -2.04. The van der Waals surface area contributed by atoms with E-state index in [0.29, 0.717) is 25.2 Å². The van der Waals surface area contributed by atoms with E-state index in [1.165, 1.54) is 25.7 Å². The molecular weight excluding hydrogens is 404 g/mol. The summed E-state index contributed by atoms with van der Waals surface area (Å²) in [6.07, 6.45) is 14.2. The Labute approximate surface area is 195 Å². The van der Waals surface area contributed by atoms with Gasteiger partial charge in [-0.3, -0.25) is 9.59 Å². The number of esters is 2. The maximum absolute atomic E-state index is 12.0. The molecule has 0 unspecified atom stereocenters. The van der Waals surface area contributed by atoms with Crippen LogP contribution in [0.25, 0.3) is 0 Å². The van der Waals surface area contributed by atoms with Gasteiger partial charge in [0.2, 0.25) is 0 Å². The van der Waals surface area contributed by atoms with E-state index in [2.05, 4.69) is 6.92 Å². The van der Waals surface area contributed by atoms with Crippen LogP contribution in [0.2, 0.25) is 0 Å². The van der Waals surface area contributed by atoms with Crippen molar-refractivity contribution in [3.05, 3.63) is 24.3 Å². The van der Waals surface area contributed by atoms with Crippen LogP contribution in [0.15, 0.2) is 24.3 Å². The highest BCUT2D eigenvalue weighted by atomic mass is 16.5. The zero-order valence-electron chi connectivity index (χ0n) is 20.5. The summed E-state index contributed by atoms with van der Waals surface area (Å²) >= 11 is 0. The van der Waals surface area contributed by atoms with Gasteiger partial charge in [0.15, 0.2) is 0 Å². The van der Waals surface area contributed by atoms with Gasteiger partial charge < -0.3 is 14.2 Å². The third-order valence-corrected chi connectivity index (χ3v) is 5.20. The van der Waals surface area contributed by atoms with Gasteiger partial charge in [0.05, 0.1) is 12.7 Å². The number of unbranched alkanes of at least 4 members (excludes halogenated alkanes) is 10. The smallest absolute Gasteiger partial charge is 0.311 e. The Morgan fingerprint density at radius 2 is 1.19 bits per heavy atom. The van der Waals surface area contributed by atoms with E-state index in [1.54, 1.807) is 12.1 Å². The minimum atomic E-state index is -0.198. The Morgan fingerprint density at radius 1 is 0.688 bits per heavy atom. The molecule has 182 valence electrons. The van der Waals surface area contributed by atoms with Crippen molar-refractivity contribution in [2.75, 3.05) is 6.61 Å². The van der Waals surface area contributed by atoms with Crippen molar-refractivity contribution >= 4 is 11.9 Å². The molecule has 0 bridgehead atoms. The van der Waals surface area contributed by atoms with E-state index in [4.69, 9.17) is 14.2 Å². The van der Waals surface area contributed by atoms with Crippen LogP contribution in [0.5, 0.6) is 11.5 Å². The zero-order chi connectivity index (χ0) is 23.4. The van der Waals surface area contributed by atoms with Crippen LogP contribution in [-0.2, 0) is 14.3 Å². The second-order valence-corrected chi connectivity index (χ2v) is 8.72. The monoisotopic (exact) mass is 448 g/mol. The van der Waals surface area contributed by atoms with Gasteiger partial charge in [-0.15, -0.1) is 0 Å². The number of carbonyl (C=O) groups excluding carboxylic acids is 2. The maximum atomic E-state index is 12.0. The van der Waals surface area contributed by atoms with Gasteiger partial charge in [-0.2, -0.15) is 0 Å². The third kappa shape index (κ3) is 15.7. The summed E-state index contributed by atoms with van der Waals surface area (Å²) < 4.78 is 16.2. The molecule has 1 aromatic carbocycles. The molecular formula is C27H44O5. The zero-order valence-corrected chi connectivity index (χ0v) is 20.5. The van der Waals surface area contributed by atoms with E-state index in [0.717, 1.165) is 57.1 Å². The fourth-order valence-electron chi connectivity index (χ4n) is 3.43. The van der Waals surface area contributed by atoms with Crippen molar-refractivity contribution < 1.29 is 23.8 Å². The van der Waals surface area contributed by atoms with Crippen molar-refractivity contribution in [3.63, 3.8) is 0 Å². The summed E-state index contributed by atoms with van der Waals surface area (Å²) in [5.74, 6) is 1.06. The number of ether oxygens (including phenoxy) is 3. The summed E-state index contributed by atoms with van der Waals surface area (Å²) in [6.45, 7) is 6.72. The van der Waals surface area contributed by atoms with Gasteiger partial charge in [-0.25, -0.2) is 0 Å². The summed E-state index contributed by atoms with van der Waals surface area (Å²) in [5.41, 5.74) is 0. The predicted molar refractivity (Wildman–Crippen MR) is 129 cm³/mol. The first kappa shape index (κ1) is 28.0. The molecule has 32 heavy (non-hydrogen) atoms. The molecule has 0 aliphatic heterocycles. The first-order chi connectivity index (χ1) is 15.5. The molecule has 0 fully saturated rings. The van der Waals surface area contributed by atoms with Crippen LogP contribution in [0.3, 0.4) is 0 Å². The third-order valence-electron chi connectivity index (χ3n) is 5.20. The quantitative estimate of drug-likeness (QED) is 0.125. The first-order valence-electron chi connectivity index (χ1n) is 12.6. The largest absolute Gasteiger partial charge is 0.491 e. The van der Waals surface area contributed by atoms with Crippen LogP contribution in [0.4, 0.5) is 0 Å². The fraction of sp³-hybridized carbons (Fsp3) is 0.704. The van der Waals surface area contributed by atoms with Crippen LogP contribution < -0.4 is 9.47 Å². The van der Waals surface area contributed by atoms with Crippen molar-refractivity contribution in [1.82, 2.24) is 0 Å². The first-order valence-corrected chi connectivity index (χ1v) is 12.6. The highest BCUT2D eigenvalue weighted by Gasteiger charge is 2.06. The van der Waals surface area contributed by atoms with Gasteiger partial charge in [-0.1, -0.05) is 64.7 Å². The Kier molecular flexibility index (Phi) is 16.2. The normalized spacial score (nSPS) is 10.9. The molecule has 5 nitrogen and oxygen atoms in total. The van der Waals surface area contributed by atoms with Gasteiger partial charge >= 0.3 is 11.9 Å². The van der Waals surface area contributed by atoms with Crippen LogP contribution in [0, 0.1) is 0 Å². The van der Waals surface area contributed by atoms with Crippen molar-refractivity contribution in [1.29, 1.82) is 0 Å². The molecule has 0 aliphatic rings. The molecule has 1 rings (SSSR count). The van der Waals surface area contributed by atoms with Crippen LogP contribution in [-0.4, -0.2) is 24.6 Å². The maximum Gasteiger partial charge on any atom is 0.311 e. The summed E-state index contributed by atoms with van der Waals surface area (Å²) in [4.78, 5) is 23.7. The highest BCUT2D eigenvalue weighted by Crippen LogP contribution is 2.19. The number of rotatable bonds is 19. The standard InChI is InChI=1S/C27H44O5/c1-4-5-6-7-12-15-22-30-26(28)16-13-10-8-9-11-14-17-27(29)32-25-20-18-24(19-21-25)31-23(2)3/h18-21,23H,4-17,22H2,1-3H3. The van der Waals surface area contributed by atoms with E-state index in [-0.39, 0.29) is 18.0 Å². The Morgan fingerprint density at radius 3 is 1.78 bits per heavy atom. The van der Waals surface area contributed by atoms with E-state index in [9.17, 15) is 9.59 Å². The lowest BCUT2D eigenvalue weighted by Crippen LogP contribution is -2.08. The summed E-state index contributed by atoms with van der Waals surface area (Å²) in [6, 6.07) is 7.14. The lowest BCUT2D eigenvalue weighted by molar-refractivity contribution is -0.144. The number of benzene rings is 1. The second kappa shape index (κ2) is 18.5. The predicted octanol–water partition coefficient (Wildman–Crippen LogP) is 7.40. The van der Waals surface area contributed by atoms with Crippen molar-refractivity contribution in [2.24, 2.45) is 0 Å². The molecule has 0 amide bonds. The molecule has 0 aliphatic carbocycles. The lowest BCUT2D eigenvalue weighted by atomic mass is 10.1. The molecule has 0 saturated heterocycles. The topological polar surface area (TPSA) is 61.8 Å². The molecule has 1 aromatic rings. The molecule has 0 heterocycles. The van der Waals surface area contributed by atoms with Gasteiger partial charge in [0, 0.05) is 12.8 Å². The minimum Gasteiger partial charge on any atom is -0.491 e. The summed E-state index contributed by atoms with van der Waals surface area (Å²) in [5, 5.41) is 0. The van der Waals surface area contributed by atoms with E-state index >= 15 is 0 Å². The number of hydrogen-bond donors (Lipinski definition) is 0. The van der Waals surface area contributed by atoms with Gasteiger partial charge in [0.1, 0.15) is 11.5 Å². The molecule has 0 saturated carbocycles. The Bertz CT molecular complexity index is 609. The van der Waals surface area contributed by atoms with Crippen LogP contribution in [0.1, 0.15) is 111 Å². The average Bonchev–Trinajstić information content (AvgIpc) is 2.76.